The van der Waals surface area contributed by atoms with E-state index in [1.54, 1.807) is 0 Å². The number of hydrogen-bond acceptors (Lipinski definition) is 4. The second-order valence-electron chi connectivity index (χ2n) is 7.29. The summed E-state index contributed by atoms with van der Waals surface area (Å²) < 4.78 is 71.3. The van der Waals surface area contributed by atoms with E-state index in [0.29, 0.717) is 4.90 Å². The Kier molecular flexibility index (Phi) is 4.34. The number of halogens is 3. The van der Waals surface area contributed by atoms with Crippen LogP contribution in [0.5, 0.6) is 0 Å². The number of imide groups is 1. The number of amides is 3. The van der Waals surface area contributed by atoms with Crippen molar-refractivity contribution >= 4 is 35.1 Å². The lowest BCUT2D eigenvalue weighted by Crippen LogP contribution is -2.52. The Labute approximate surface area is 194 Å². The Morgan fingerprint density at radius 2 is 2.00 bits per heavy atom. The van der Waals surface area contributed by atoms with Crippen LogP contribution in [0.15, 0.2) is 42.4 Å². The van der Waals surface area contributed by atoms with Crippen molar-refractivity contribution in [3.05, 3.63) is 69.7 Å². The molecular weight excluding hydrogens is 442 g/mol. The van der Waals surface area contributed by atoms with Crippen molar-refractivity contribution in [2.75, 3.05) is 0 Å². The lowest BCUT2D eigenvalue weighted by Gasteiger charge is -2.29. The van der Waals surface area contributed by atoms with Crippen molar-refractivity contribution in [3.63, 3.8) is 0 Å². The molecule has 1 fully saturated rings. The normalized spacial score (nSPS) is 22.8. The molecule has 9 heteroatoms. The van der Waals surface area contributed by atoms with E-state index >= 15 is 0 Å². The van der Waals surface area contributed by atoms with Gasteiger partial charge in [-0.15, -0.1) is 0 Å². The average molecular weight is 466 g/mol. The summed E-state index contributed by atoms with van der Waals surface area (Å²) in [6.07, 6.45) is -4.45. The average Bonchev–Trinajstić information content (AvgIpc) is 2.98. The van der Waals surface area contributed by atoms with Crippen LogP contribution >= 0.6 is 11.6 Å². The van der Waals surface area contributed by atoms with Crippen LogP contribution in [-0.4, -0.2) is 34.4 Å². The predicted molar refractivity (Wildman–Crippen MR) is 111 cm³/mol. The second kappa shape index (κ2) is 8.43. The van der Waals surface area contributed by atoms with E-state index in [4.69, 9.17) is 18.5 Å². The molecule has 2 aromatic rings. The van der Waals surface area contributed by atoms with Crippen LogP contribution in [-0.2, 0) is 33.2 Å². The van der Waals surface area contributed by atoms with Gasteiger partial charge < -0.3 is 4.90 Å². The molecule has 6 nitrogen and oxygen atoms in total. The van der Waals surface area contributed by atoms with Gasteiger partial charge in [-0.25, -0.2) is 0 Å². The number of rotatable bonds is 6. The molecule has 0 spiro atoms. The number of benzene rings is 2. The fourth-order valence-corrected chi connectivity index (χ4v) is 3.55. The van der Waals surface area contributed by atoms with Crippen molar-refractivity contribution in [1.29, 1.82) is 0 Å². The standard InChI is InChI=1S/C23H19ClF2N2O4/c24-16-5-3-15(4-6-16)23(25,26)19(29)9-2-13-1-7-17-14(11-13)12-28(22(17)32)18-8-10-20(30)27-21(18)31/h1,3-7,11,18H,2,8-10,12H2,(H,27,30,31)/i1D,2D2,12D2. The number of fused-ring (bicyclic) bond motifs is 1. The number of carbonyl (C=O) groups excluding carboxylic acids is 4. The van der Waals surface area contributed by atoms with Crippen molar-refractivity contribution in [3.8, 4) is 0 Å². The zero-order chi connectivity index (χ0) is 27.5. The third-order valence-electron chi connectivity index (χ3n) is 5.16. The van der Waals surface area contributed by atoms with E-state index in [-0.39, 0.29) is 29.0 Å². The van der Waals surface area contributed by atoms with E-state index in [2.05, 4.69) is 0 Å². The second-order valence-corrected chi connectivity index (χ2v) is 7.72. The molecule has 0 radical (unpaired) electrons. The maximum Gasteiger partial charge on any atom is 0.330 e. The van der Waals surface area contributed by atoms with Crippen molar-refractivity contribution in [2.24, 2.45) is 0 Å². The highest BCUT2D eigenvalue weighted by Gasteiger charge is 2.41. The van der Waals surface area contributed by atoms with Crippen molar-refractivity contribution < 1.29 is 34.8 Å². The number of ketones is 1. The lowest BCUT2D eigenvalue weighted by molar-refractivity contribution is -0.144. The van der Waals surface area contributed by atoms with E-state index in [1.165, 1.54) is 0 Å². The molecule has 4 rings (SSSR count). The van der Waals surface area contributed by atoms with Crippen LogP contribution < -0.4 is 5.32 Å². The lowest BCUT2D eigenvalue weighted by atomic mass is 9.97. The summed E-state index contributed by atoms with van der Waals surface area (Å²) in [7, 11) is 0. The maximum absolute atomic E-state index is 14.8. The van der Waals surface area contributed by atoms with E-state index in [0.717, 1.165) is 36.4 Å². The Hall–Kier alpha value is -3.13. The first-order chi connectivity index (χ1) is 17.1. The van der Waals surface area contributed by atoms with Crippen LogP contribution in [0, 0.1) is 0 Å². The molecule has 1 unspecified atom stereocenters. The molecule has 166 valence electrons. The molecule has 0 aromatic heterocycles. The minimum atomic E-state index is -4.07. The van der Waals surface area contributed by atoms with Gasteiger partial charge in [-0.1, -0.05) is 35.8 Å². The molecule has 1 N–H and O–H groups in total. The highest BCUT2D eigenvalue weighted by molar-refractivity contribution is 6.30. The van der Waals surface area contributed by atoms with Crippen LogP contribution in [0.25, 0.3) is 0 Å². The van der Waals surface area contributed by atoms with Gasteiger partial charge in [-0.05, 0) is 42.1 Å². The summed E-state index contributed by atoms with van der Waals surface area (Å²) >= 11 is 5.69. The Morgan fingerprint density at radius 3 is 2.69 bits per heavy atom. The number of piperidine rings is 1. The molecule has 0 saturated carbocycles. The Bertz CT molecular complexity index is 1340. The summed E-state index contributed by atoms with van der Waals surface area (Å²) in [6, 6.07) is 3.98. The fourth-order valence-electron chi connectivity index (χ4n) is 3.43. The highest BCUT2D eigenvalue weighted by atomic mass is 35.5. The van der Waals surface area contributed by atoms with Gasteiger partial charge in [-0.3, -0.25) is 24.5 Å². The molecular formula is C23H19ClF2N2O4. The minimum Gasteiger partial charge on any atom is -0.322 e. The highest BCUT2D eigenvalue weighted by Crippen LogP contribution is 2.32. The summed E-state index contributed by atoms with van der Waals surface area (Å²) in [5, 5.41) is 2.20. The van der Waals surface area contributed by atoms with Gasteiger partial charge in [-0.2, -0.15) is 8.78 Å². The quantitative estimate of drug-likeness (QED) is 0.663. The monoisotopic (exact) mass is 465 g/mol. The first kappa shape index (κ1) is 16.5. The predicted octanol–water partition coefficient (Wildman–Crippen LogP) is 3.39. The summed E-state index contributed by atoms with van der Waals surface area (Å²) in [6.45, 7) is -2.65. The number of hydrogen-bond donors (Lipinski definition) is 1. The van der Waals surface area contributed by atoms with Crippen LogP contribution in [0.1, 0.15) is 53.2 Å². The topological polar surface area (TPSA) is 83.6 Å². The molecule has 0 aliphatic carbocycles. The van der Waals surface area contributed by atoms with E-state index < -0.39 is 71.9 Å². The largest absolute Gasteiger partial charge is 0.330 e. The first-order valence-corrected chi connectivity index (χ1v) is 9.95. The molecule has 2 heterocycles. The van der Waals surface area contributed by atoms with Crippen molar-refractivity contribution in [2.45, 2.75) is 44.1 Å². The molecule has 2 aliphatic heterocycles. The molecule has 0 bridgehead atoms. The van der Waals surface area contributed by atoms with Gasteiger partial charge in [0, 0.05) is 38.2 Å². The first-order valence-electron chi connectivity index (χ1n) is 12.1. The molecule has 2 aromatic carbocycles. The number of Topliss-reactive ketones (excluding diaryl/α,β-unsaturated/α-hetero) is 1. The van der Waals surface area contributed by atoms with Crippen LogP contribution in [0.4, 0.5) is 8.78 Å². The van der Waals surface area contributed by atoms with Gasteiger partial charge in [0.25, 0.3) is 5.91 Å². The van der Waals surface area contributed by atoms with Gasteiger partial charge in [0.1, 0.15) is 6.04 Å². The molecule has 1 saturated heterocycles. The summed E-state index contributed by atoms with van der Waals surface area (Å²) in [5.74, 6) is -8.23. The van der Waals surface area contributed by atoms with E-state index in [1.807, 2.05) is 5.32 Å². The summed E-state index contributed by atoms with van der Waals surface area (Å²) in [5.41, 5.74) is -1.96. The van der Waals surface area contributed by atoms with Crippen molar-refractivity contribution in [1.82, 2.24) is 10.2 Å². The molecule has 2 aliphatic rings. The van der Waals surface area contributed by atoms with E-state index in [9.17, 15) is 28.0 Å². The van der Waals surface area contributed by atoms with Crippen LogP contribution in [0.2, 0.25) is 5.02 Å². The minimum absolute atomic E-state index is 0.131. The van der Waals surface area contributed by atoms with Gasteiger partial charge in [0.2, 0.25) is 17.6 Å². The zero-order valence-corrected chi connectivity index (χ0v) is 17.1. The molecule has 1 atom stereocenters. The fraction of sp³-hybridized carbons (Fsp3) is 0.304. The zero-order valence-electron chi connectivity index (χ0n) is 21.4. The third kappa shape index (κ3) is 4.14. The van der Waals surface area contributed by atoms with Crippen LogP contribution in [0.3, 0.4) is 0 Å². The molecule has 3 amide bonds. The number of alkyl halides is 2. The maximum atomic E-state index is 14.8. The number of nitrogens with one attached hydrogen (secondary N) is 1. The smallest absolute Gasteiger partial charge is 0.322 e. The number of aryl methyl sites for hydroxylation is 1. The third-order valence-corrected chi connectivity index (χ3v) is 5.41. The van der Waals surface area contributed by atoms with Gasteiger partial charge in [0.15, 0.2) is 0 Å². The summed E-state index contributed by atoms with van der Waals surface area (Å²) in [4.78, 5) is 49.9. The number of carbonyl (C=O) groups is 4. The number of nitrogens with zero attached hydrogens (tertiary/aromatic N) is 1. The van der Waals surface area contributed by atoms with Gasteiger partial charge >= 0.3 is 5.92 Å². The molecule has 32 heavy (non-hydrogen) atoms. The SMILES string of the molecule is [2H]c1cc2c(cc1C([2H])([2H])CC(=O)C(F)(F)c1ccc(Cl)cc1)C([2H])([2H])N(C1CCC(=O)NC1=O)C2=O. The Morgan fingerprint density at radius 1 is 1.28 bits per heavy atom. The Balaban J connectivity index is 1.67. The van der Waals surface area contributed by atoms with Gasteiger partial charge in [0.05, 0.1) is 4.11 Å².